The first-order valence-electron chi connectivity index (χ1n) is 12.8. The highest BCUT2D eigenvalue weighted by molar-refractivity contribution is 6.16. The van der Waals surface area contributed by atoms with Gasteiger partial charge < -0.3 is 25.6 Å². The lowest BCUT2D eigenvalue weighted by atomic mass is 10.0. The molecule has 0 radical (unpaired) electrons. The van der Waals surface area contributed by atoms with Gasteiger partial charge in [-0.2, -0.15) is 0 Å². The molecular weight excluding hydrogens is 520 g/mol. The normalized spacial score (nSPS) is 15.9. The zero-order chi connectivity index (χ0) is 27.7. The summed E-state index contributed by atoms with van der Waals surface area (Å²) in [7, 11) is 0. The third-order valence-corrected chi connectivity index (χ3v) is 6.97. The lowest BCUT2D eigenvalue weighted by Crippen LogP contribution is -2.43. The number of hydrogen-bond acceptors (Lipinski definition) is 8. The van der Waals surface area contributed by atoms with Crippen molar-refractivity contribution >= 4 is 40.2 Å². The molecule has 3 N–H and O–H groups in total. The van der Waals surface area contributed by atoms with Gasteiger partial charge in [0, 0.05) is 55.9 Å². The van der Waals surface area contributed by atoms with Crippen LogP contribution >= 0.6 is 0 Å². The van der Waals surface area contributed by atoms with Crippen LogP contribution in [-0.2, 0) is 9.59 Å². The molecule has 6 rings (SSSR count). The van der Waals surface area contributed by atoms with Crippen molar-refractivity contribution in [1.29, 1.82) is 0 Å². The fourth-order valence-corrected chi connectivity index (χ4v) is 4.51. The van der Waals surface area contributed by atoms with E-state index in [4.69, 9.17) is 4.74 Å². The number of carbonyl (C=O) groups excluding carboxylic acids is 2. The molecule has 3 heterocycles. The molecule has 0 bridgehead atoms. The smallest absolute Gasteiger partial charge is 0.240 e. The Bertz CT molecular complexity index is 1590. The topological polar surface area (TPSA) is 121 Å². The van der Waals surface area contributed by atoms with E-state index in [0.717, 1.165) is 32.2 Å². The van der Waals surface area contributed by atoms with E-state index in [0.29, 0.717) is 35.5 Å². The maximum absolute atomic E-state index is 15.0. The van der Waals surface area contributed by atoms with Crippen LogP contribution < -0.4 is 25.6 Å². The number of amides is 2. The van der Waals surface area contributed by atoms with Gasteiger partial charge in [0.15, 0.2) is 28.5 Å². The van der Waals surface area contributed by atoms with Crippen molar-refractivity contribution in [2.45, 2.75) is 12.8 Å². The number of hydrogen-bond donors (Lipinski definition) is 3. The van der Waals surface area contributed by atoms with Crippen molar-refractivity contribution in [3.63, 3.8) is 0 Å². The number of nitrogens with one attached hydrogen (secondary N) is 3. The SMILES string of the molecule is O=C(Nc1ccc(F)cc1)C1(C(=O)Nc2ccc(Oc3ccnc4nc(N5CCNCC5)cnc34)c(F)c2)CC1. The standard InChI is InChI=1S/C28H25F2N7O3/c29-17-1-3-18(4-2-17)34-26(38)28(8-9-28)27(39)35-19-5-6-21(20(30)15-19)40-22-7-10-32-25-24(22)33-16-23(36-25)37-13-11-31-12-14-37/h1-7,10,15-16,31H,8-9,11-14H2,(H,34,38)(H,35,39). The van der Waals surface area contributed by atoms with Crippen molar-refractivity contribution in [2.75, 3.05) is 41.7 Å². The first-order valence-corrected chi connectivity index (χ1v) is 12.8. The molecule has 2 aliphatic rings. The Morgan fingerprint density at radius 1 is 0.900 bits per heavy atom. The van der Waals surface area contributed by atoms with Crippen LogP contribution in [0, 0.1) is 17.0 Å². The number of ether oxygens (including phenoxy) is 1. The summed E-state index contributed by atoms with van der Waals surface area (Å²) in [4.78, 5) is 41.2. The van der Waals surface area contributed by atoms with Gasteiger partial charge >= 0.3 is 0 Å². The second-order valence-electron chi connectivity index (χ2n) is 9.69. The quantitative estimate of drug-likeness (QED) is 0.300. The third-order valence-electron chi connectivity index (χ3n) is 6.97. The molecule has 2 amide bonds. The van der Waals surface area contributed by atoms with E-state index in [9.17, 15) is 14.0 Å². The molecule has 1 saturated heterocycles. The molecule has 2 aromatic heterocycles. The van der Waals surface area contributed by atoms with Crippen LogP contribution in [-0.4, -0.2) is 52.9 Å². The van der Waals surface area contributed by atoms with Crippen molar-refractivity contribution in [1.82, 2.24) is 20.3 Å². The minimum absolute atomic E-state index is 0.0753. The summed E-state index contributed by atoms with van der Waals surface area (Å²) in [5, 5.41) is 8.55. The summed E-state index contributed by atoms with van der Waals surface area (Å²) in [6.07, 6.45) is 3.87. The third kappa shape index (κ3) is 5.13. The number of rotatable bonds is 7. The molecule has 1 saturated carbocycles. The second-order valence-corrected chi connectivity index (χ2v) is 9.69. The number of aromatic nitrogens is 3. The lowest BCUT2D eigenvalue weighted by molar-refractivity contribution is -0.131. The Hall–Kier alpha value is -4.71. The number of pyridine rings is 1. The largest absolute Gasteiger partial charge is 0.452 e. The second kappa shape index (κ2) is 10.5. The molecule has 1 aliphatic carbocycles. The number of nitrogens with zero attached hydrogens (tertiary/aromatic N) is 4. The minimum Gasteiger partial charge on any atom is -0.452 e. The minimum atomic E-state index is -1.27. The lowest BCUT2D eigenvalue weighted by Gasteiger charge is -2.28. The van der Waals surface area contributed by atoms with Gasteiger partial charge in [0.05, 0.1) is 6.20 Å². The summed E-state index contributed by atoms with van der Waals surface area (Å²) < 4.78 is 34.0. The summed E-state index contributed by atoms with van der Waals surface area (Å²) in [6.45, 7) is 3.33. The van der Waals surface area contributed by atoms with E-state index in [1.54, 1.807) is 12.3 Å². The van der Waals surface area contributed by atoms with E-state index in [1.165, 1.54) is 42.6 Å². The van der Waals surface area contributed by atoms with Crippen LogP contribution in [0.3, 0.4) is 0 Å². The zero-order valence-electron chi connectivity index (χ0n) is 21.3. The highest BCUT2D eigenvalue weighted by Gasteiger charge is 2.56. The van der Waals surface area contributed by atoms with Crippen LogP contribution in [0.25, 0.3) is 11.2 Å². The van der Waals surface area contributed by atoms with Crippen LogP contribution in [0.1, 0.15) is 12.8 Å². The van der Waals surface area contributed by atoms with Crippen LogP contribution in [0.15, 0.2) is 60.9 Å². The molecule has 0 unspecified atom stereocenters. The van der Waals surface area contributed by atoms with Crippen molar-refractivity contribution < 1.29 is 23.1 Å². The van der Waals surface area contributed by atoms with Gasteiger partial charge in [0.25, 0.3) is 0 Å². The molecular formula is C28H25F2N7O3. The fourth-order valence-electron chi connectivity index (χ4n) is 4.51. The molecule has 0 atom stereocenters. The number of anilines is 3. The summed E-state index contributed by atoms with van der Waals surface area (Å²) >= 11 is 0. The van der Waals surface area contributed by atoms with Crippen molar-refractivity contribution in [3.05, 3.63) is 72.6 Å². The zero-order valence-corrected chi connectivity index (χ0v) is 21.3. The average Bonchev–Trinajstić information content (AvgIpc) is 3.79. The molecule has 4 aromatic rings. The molecule has 1 aliphatic heterocycles. The Balaban J connectivity index is 1.14. The van der Waals surface area contributed by atoms with Gasteiger partial charge in [-0.05, 0) is 49.2 Å². The Morgan fingerprint density at radius 2 is 1.60 bits per heavy atom. The molecule has 2 aromatic carbocycles. The summed E-state index contributed by atoms with van der Waals surface area (Å²) in [6, 6.07) is 10.8. The van der Waals surface area contributed by atoms with Crippen molar-refractivity contribution in [2.24, 2.45) is 5.41 Å². The van der Waals surface area contributed by atoms with Crippen LogP contribution in [0.4, 0.5) is 26.0 Å². The molecule has 2 fully saturated rings. The van der Waals surface area contributed by atoms with Crippen molar-refractivity contribution in [3.8, 4) is 11.5 Å². The Labute approximate surface area is 227 Å². The van der Waals surface area contributed by atoms with Gasteiger partial charge in [-0.1, -0.05) is 0 Å². The van der Waals surface area contributed by atoms with Gasteiger partial charge in [-0.25, -0.2) is 23.7 Å². The number of fused-ring (bicyclic) bond motifs is 1. The van der Waals surface area contributed by atoms with Gasteiger partial charge in [0.2, 0.25) is 11.8 Å². The van der Waals surface area contributed by atoms with Crippen LogP contribution in [0.5, 0.6) is 11.5 Å². The van der Waals surface area contributed by atoms with E-state index in [1.807, 2.05) is 0 Å². The number of piperazine rings is 1. The van der Waals surface area contributed by atoms with Gasteiger partial charge in [-0.15, -0.1) is 0 Å². The highest BCUT2D eigenvalue weighted by Crippen LogP contribution is 2.47. The number of halogens is 2. The fraction of sp³-hybridized carbons (Fsp3) is 0.250. The Morgan fingerprint density at radius 3 is 2.30 bits per heavy atom. The highest BCUT2D eigenvalue weighted by atomic mass is 19.1. The monoisotopic (exact) mass is 545 g/mol. The predicted octanol–water partition coefficient (Wildman–Crippen LogP) is 3.86. The summed E-state index contributed by atoms with van der Waals surface area (Å²) in [5.74, 6) is -1.27. The molecule has 40 heavy (non-hydrogen) atoms. The molecule has 12 heteroatoms. The summed E-state index contributed by atoms with van der Waals surface area (Å²) in [5.41, 5.74) is 0.0627. The maximum atomic E-state index is 15.0. The number of benzene rings is 2. The average molecular weight is 546 g/mol. The predicted molar refractivity (Wildman–Crippen MR) is 144 cm³/mol. The Kier molecular flexibility index (Phi) is 6.68. The van der Waals surface area contributed by atoms with E-state index in [-0.39, 0.29) is 17.2 Å². The molecule has 0 spiro atoms. The van der Waals surface area contributed by atoms with Crippen LogP contribution in [0.2, 0.25) is 0 Å². The van der Waals surface area contributed by atoms with E-state index < -0.39 is 28.9 Å². The van der Waals surface area contributed by atoms with E-state index >= 15 is 4.39 Å². The van der Waals surface area contributed by atoms with E-state index in [2.05, 4.69) is 35.8 Å². The first kappa shape index (κ1) is 25.6. The van der Waals surface area contributed by atoms with Gasteiger partial charge in [-0.3, -0.25) is 9.59 Å². The molecule has 10 nitrogen and oxygen atoms in total. The maximum Gasteiger partial charge on any atom is 0.240 e. The first-order chi connectivity index (χ1) is 19.4. The molecule has 204 valence electrons. The van der Waals surface area contributed by atoms with Gasteiger partial charge in [0.1, 0.15) is 17.1 Å². The number of carbonyl (C=O) groups is 2.